The number of benzene rings is 1. The summed E-state index contributed by atoms with van der Waals surface area (Å²) < 4.78 is 2.18. The fraction of sp³-hybridized carbons (Fsp3) is 0.167. The molecule has 90 valence electrons. The molecular formula is C12H12Br2N2S. The minimum absolute atomic E-state index is 0.00125. The molecule has 0 aliphatic heterocycles. The summed E-state index contributed by atoms with van der Waals surface area (Å²) in [6.45, 7) is 2.07. The number of thiophene rings is 1. The van der Waals surface area contributed by atoms with E-state index in [2.05, 4.69) is 56.3 Å². The number of nitrogens with one attached hydrogen (secondary N) is 1. The first-order valence-electron chi connectivity index (χ1n) is 5.09. The quantitative estimate of drug-likeness (QED) is 0.625. The molecule has 0 bridgehead atoms. The van der Waals surface area contributed by atoms with Crippen LogP contribution in [0.25, 0.3) is 0 Å². The molecule has 1 aromatic carbocycles. The maximum atomic E-state index is 5.70. The van der Waals surface area contributed by atoms with E-state index in [0.717, 1.165) is 14.5 Å². The highest BCUT2D eigenvalue weighted by Gasteiger charge is 2.19. The highest BCUT2D eigenvalue weighted by molar-refractivity contribution is 9.11. The largest absolute Gasteiger partial charge is 0.271 e. The highest BCUT2D eigenvalue weighted by Crippen LogP contribution is 2.36. The Bertz CT molecular complexity index is 525. The third kappa shape index (κ3) is 2.63. The van der Waals surface area contributed by atoms with Crippen LogP contribution < -0.4 is 11.3 Å². The van der Waals surface area contributed by atoms with Gasteiger partial charge in [0.15, 0.2) is 0 Å². The SMILES string of the molecule is Cc1cccc(C(NN)c2sccc2Br)c1Br. The van der Waals surface area contributed by atoms with Gasteiger partial charge in [-0.1, -0.05) is 34.1 Å². The van der Waals surface area contributed by atoms with Crippen LogP contribution in [0.15, 0.2) is 38.6 Å². The predicted molar refractivity (Wildman–Crippen MR) is 80.1 cm³/mol. The lowest BCUT2D eigenvalue weighted by molar-refractivity contribution is 0.642. The second-order valence-electron chi connectivity index (χ2n) is 3.71. The van der Waals surface area contributed by atoms with Gasteiger partial charge in [-0.2, -0.15) is 0 Å². The average Bonchev–Trinajstić information content (AvgIpc) is 2.72. The normalized spacial score (nSPS) is 12.7. The molecule has 5 heteroatoms. The van der Waals surface area contributed by atoms with Gasteiger partial charge in [0, 0.05) is 13.8 Å². The van der Waals surface area contributed by atoms with Gasteiger partial charge in [-0.05, 0) is 45.4 Å². The van der Waals surface area contributed by atoms with E-state index < -0.39 is 0 Å². The minimum atomic E-state index is -0.00125. The molecule has 0 aliphatic carbocycles. The minimum Gasteiger partial charge on any atom is -0.271 e. The molecule has 0 saturated heterocycles. The van der Waals surface area contributed by atoms with Gasteiger partial charge in [-0.15, -0.1) is 11.3 Å². The van der Waals surface area contributed by atoms with Crippen LogP contribution in [-0.4, -0.2) is 0 Å². The summed E-state index contributed by atoms with van der Waals surface area (Å²) in [4.78, 5) is 1.18. The van der Waals surface area contributed by atoms with Crippen molar-refractivity contribution in [1.29, 1.82) is 0 Å². The van der Waals surface area contributed by atoms with Crippen LogP contribution in [0.2, 0.25) is 0 Å². The van der Waals surface area contributed by atoms with Gasteiger partial charge in [0.2, 0.25) is 0 Å². The molecule has 17 heavy (non-hydrogen) atoms. The first-order valence-corrected chi connectivity index (χ1v) is 7.55. The third-order valence-corrected chi connectivity index (χ3v) is 5.63. The highest BCUT2D eigenvalue weighted by atomic mass is 79.9. The van der Waals surface area contributed by atoms with Gasteiger partial charge in [0.25, 0.3) is 0 Å². The monoisotopic (exact) mass is 374 g/mol. The summed E-state index contributed by atoms with van der Waals surface area (Å²) in [6, 6.07) is 8.23. The average molecular weight is 376 g/mol. The number of nitrogens with two attached hydrogens (primary N) is 1. The smallest absolute Gasteiger partial charge is 0.0824 e. The summed E-state index contributed by atoms with van der Waals surface area (Å²) in [5, 5.41) is 2.05. The molecule has 0 saturated carbocycles. The molecule has 1 heterocycles. The zero-order valence-corrected chi connectivity index (χ0v) is 13.2. The topological polar surface area (TPSA) is 38.0 Å². The molecule has 2 nitrogen and oxygen atoms in total. The van der Waals surface area contributed by atoms with E-state index in [0.29, 0.717) is 0 Å². The van der Waals surface area contributed by atoms with E-state index in [-0.39, 0.29) is 6.04 Å². The number of rotatable bonds is 3. The summed E-state index contributed by atoms with van der Waals surface area (Å²) >= 11 is 8.85. The predicted octanol–water partition coefficient (Wildman–Crippen LogP) is 4.13. The van der Waals surface area contributed by atoms with E-state index in [1.165, 1.54) is 10.4 Å². The second kappa shape index (κ2) is 5.63. The molecule has 0 radical (unpaired) electrons. The number of halogens is 2. The van der Waals surface area contributed by atoms with Crippen LogP contribution in [0.5, 0.6) is 0 Å². The fourth-order valence-electron chi connectivity index (χ4n) is 1.71. The maximum absolute atomic E-state index is 5.70. The van der Waals surface area contributed by atoms with Gasteiger partial charge >= 0.3 is 0 Å². The van der Waals surface area contributed by atoms with Gasteiger partial charge in [-0.3, -0.25) is 5.84 Å². The van der Waals surface area contributed by atoms with Crippen molar-refractivity contribution in [2.45, 2.75) is 13.0 Å². The Balaban J connectivity index is 2.50. The maximum Gasteiger partial charge on any atom is 0.0824 e. The zero-order valence-electron chi connectivity index (χ0n) is 9.21. The lowest BCUT2D eigenvalue weighted by Crippen LogP contribution is -2.28. The van der Waals surface area contributed by atoms with Crippen molar-refractivity contribution in [3.8, 4) is 0 Å². The number of hydrogen-bond donors (Lipinski definition) is 2. The van der Waals surface area contributed by atoms with Crippen molar-refractivity contribution in [2.75, 3.05) is 0 Å². The van der Waals surface area contributed by atoms with Gasteiger partial charge in [0.05, 0.1) is 6.04 Å². The van der Waals surface area contributed by atoms with Crippen LogP contribution in [0.3, 0.4) is 0 Å². The summed E-state index contributed by atoms with van der Waals surface area (Å²) in [5.74, 6) is 5.70. The molecule has 1 aromatic heterocycles. The zero-order chi connectivity index (χ0) is 12.4. The fourth-order valence-corrected chi connectivity index (χ4v) is 3.88. The Kier molecular flexibility index (Phi) is 4.38. The van der Waals surface area contributed by atoms with E-state index in [4.69, 9.17) is 5.84 Å². The van der Waals surface area contributed by atoms with Gasteiger partial charge in [-0.25, -0.2) is 5.43 Å². The Labute approximate surface area is 121 Å². The van der Waals surface area contributed by atoms with E-state index in [1.807, 2.05) is 17.5 Å². The molecule has 3 N–H and O–H groups in total. The first-order chi connectivity index (χ1) is 8.15. The van der Waals surface area contributed by atoms with Crippen molar-refractivity contribution in [3.05, 3.63) is 54.6 Å². The van der Waals surface area contributed by atoms with Crippen molar-refractivity contribution >= 4 is 43.2 Å². The van der Waals surface area contributed by atoms with E-state index in [1.54, 1.807) is 11.3 Å². The van der Waals surface area contributed by atoms with Crippen molar-refractivity contribution in [3.63, 3.8) is 0 Å². The molecule has 1 unspecified atom stereocenters. The van der Waals surface area contributed by atoms with Crippen LogP contribution in [0.1, 0.15) is 22.0 Å². The van der Waals surface area contributed by atoms with Crippen molar-refractivity contribution in [1.82, 2.24) is 5.43 Å². The van der Waals surface area contributed by atoms with E-state index in [9.17, 15) is 0 Å². The molecule has 0 spiro atoms. The lowest BCUT2D eigenvalue weighted by Gasteiger charge is -2.18. The Hall–Kier alpha value is -0.200. The third-order valence-electron chi connectivity index (χ3n) is 2.61. The van der Waals surface area contributed by atoms with Crippen molar-refractivity contribution < 1.29 is 0 Å². The first kappa shape index (κ1) is 13.2. The molecule has 2 aromatic rings. The molecule has 2 rings (SSSR count). The van der Waals surface area contributed by atoms with Gasteiger partial charge < -0.3 is 0 Å². The van der Waals surface area contributed by atoms with Gasteiger partial charge in [0.1, 0.15) is 0 Å². The molecule has 0 aliphatic rings. The van der Waals surface area contributed by atoms with Crippen LogP contribution in [0.4, 0.5) is 0 Å². The Morgan fingerprint density at radius 2 is 2.06 bits per heavy atom. The Morgan fingerprint density at radius 3 is 2.65 bits per heavy atom. The van der Waals surface area contributed by atoms with Crippen LogP contribution in [0, 0.1) is 6.92 Å². The second-order valence-corrected chi connectivity index (χ2v) is 6.31. The molecular weight excluding hydrogens is 364 g/mol. The van der Waals surface area contributed by atoms with Crippen LogP contribution in [-0.2, 0) is 0 Å². The van der Waals surface area contributed by atoms with E-state index >= 15 is 0 Å². The standard InChI is InChI=1S/C12H12Br2N2S/c1-7-3-2-4-8(10(7)14)11(16-15)12-9(13)5-6-17-12/h2-6,11,16H,15H2,1H3. The number of hydrazine groups is 1. The summed E-state index contributed by atoms with van der Waals surface area (Å²) in [5.41, 5.74) is 5.23. The molecule has 1 atom stereocenters. The van der Waals surface area contributed by atoms with Crippen molar-refractivity contribution in [2.24, 2.45) is 5.84 Å². The lowest BCUT2D eigenvalue weighted by atomic mass is 10.0. The Morgan fingerprint density at radius 1 is 1.29 bits per heavy atom. The molecule has 0 fully saturated rings. The summed E-state index contributed by atoms with van der Waals surface area (Å²) in [7, 11) is 0. The molecule has 0 amide bonds. The van der Waals surface area contributed by atoms with Crippen LogP contribution >= 0.6 is 43.2 Å². The summed E-state index contributed by atoms with van der Waals surface area (Å²) in [6.07, 6.45) is 0. The number of hydrogen-bond acceptors (Lipinski definition) is 3. The number of aryl methyl sites for hydroxylation is 1.